The van der Waals surface area contributed by atoms with E-state index in [1.54, 1.807) is 36.4 Å². The Morgan fingerprint density at radius 2 is 1.86 bits per heavy atom. The van der Waals surface area contributed by atoms with Crippen LogP contribution in [0.5, 0.6) is 0 Å². The van der Waals surface area contributed by atoms with E-state index in [1.165, 1.54) is 6.07 Å². The summed E-state index contributed by atoms with van der Waals surface area (Å²) in [6.45, 7) is 0. The molecule has 0 bridgehead atoms. The number of hydrogen-bond acceptors (Lipinski definition) is 3. The second-order valence-corrected chi connectivity index (χ2v) is 7.46. The van der Waals surface area contributed by atoms with E-state index in [9.17, 15) is 13.2 Å². The van der Waals surface area contributed by atoms with Crippen LogP contribution in [0.25, 0.3) is 0 Å². The maximum absolute atomic E-state index is 12.3. The van der Waals surface area contributed by atoms with Crippen molar-refractivity contribution in [3.63, 3.8) is 0 Å². The summed E-state index contributed by atoms with van der Waals surface area (Å²) in [4.78, 5) is 11.8. The van der Waals surface area contributed by atoms with Crippen LogP contribution in [0.4, 0.5) is 5.69 Å². The van der Waals surface area contributed by atoms with Gasteiger partial charge in [-0.25, -0.2) is 8.42 Å². The summed E-state index contributed by atoms with van der Waals surface area (Å²) < 4.78 is 27.9. The second kappa shape index (κ2) is 5.27. The predicted octanol–water partition coefficient (Wildman–Crippen LogP) is 3.38. The van der Waals surface area contributed by atoms with Gasteiger partial charge in [0.2, 0.25) is 0 Å². The van der Waals surface area contributed by atoms with Gasteiger partial charge in [0.05, 0.1) is 4.90 Å². The number of carbonyl (C=O) groups is 1. The Hall–Kier alpha value is -1.66. The van der Waals surface area contributed by atoms with Crippen LogP contribution in [0.1, 0.15) is 22.3 Å². The largest absolute Gasteiger partial charge is 0.294 e. The fraction of sp³-hybridized carbons (Fsp3) is 0.133. The molecule has 0 amide bonds. The monoisotopic (exact) mass is 365 g/mol. The highest BCUT2D eigenvalue weighted by Crippen LogP contribution is 2.26. The number of nitrogens with one attached hydrogen (secondary N) is 1. The van der Waals surface area contributed by atoms with Crippen LogP contribution in [-0.2, 0) is 16.4 Å². The van der Waals surface area contributed by atoms with Crippen molar-refractivity contribution in [3.05, 3.63) is 58.1 Å². The van der Waals surface area contributed by atoms with E-state index in [4.69, 9.17) is 0 Å². The fourth-order valence-electron chi connectivity index (χ4n) is 2.37. The highest BCUT2D eigenvalue weighted by atomic mass is 79.9. The number of carbonyl (C=O) groups excluding carboxylic acids is 1. The topological polar surface area (TPSA) is 63.2 Å². The molecule has 0 saturated heterocycles. The number of Topliss-reactive ketones (excluding diaryl/α,β-unsaturated/α-hetero) is 1. The van der Waals surface area contributed by atoms with Crippen LogP contribution in [0, 0.1) is 0 Å². The summed E-state index contributed by atoms with van der Waals surface area (Å²) in [7, 11) is -3.63. The van der Waals surface area contributed by atoms with Gasteiger partial charge >= 0.3 is 0 Å². The number of fused-ring (bicyclic) bond motifs is 1. The SMILES string of the molecule is O=C1CCc2cc(NS(=O)(=O)c3cccc(Br)c3)ccc21. The zero-order chi connectivity index (χ0) is 15.0. The Kier molecular flexibility index (Phi) is 3.59. The molecule has 4 nitrogen and oxygen atoms in total. The summed E-state index contributed by atoms with van der Waals surface area (Å²) in [5, 5.41) is 0. The number of hydrogen-bond donors (Lipinski definition) is 1. The molecule has 0 heterocycles. The molecule has 0 saturated carbocycles. The minimum absolute atomic E-state index is 0.117. The Morgan fingerprint density at radius 3 is 2.62 bits per heavy atom. The number of rotatable bonds is 3. The van der Waals surface area contributed by atoms with Gasteiger partial charge in [0.1, 0.15) is 0 Å². The lowest BCUT2D eigenvalue weighted by molar-refractivity contribution is 0.0994. The van der Waals surface area contributed by atoms with E-state index in [-0.39, 0.29) is 10.7 Å². The molecule has 3 rings (SSSR count). The number of sulfonamides is 1. The Balaban J connectivity index is 1.91. The maximum atomic E-state index is 12.3. The minimum Gasteiger partial charge on any atom is -0.294 e. The third-order valence-corrected chi connectivity index (χ3v) is 5.26. The molecule has 0 aromatic heterocycles. The fourth-order valence-corrected chi connectivity index (χ4v) is 4.01. The Labute approximate surface area is 131 Å². The number of aryl methyl sites for hydroxylation is 1. The lowest BCUT2D eigenvalue weighted by atomic mass is 10.1. The van der Waals surface area contributed by atoms with Crippen molar-refractivity contribution < 1.29 is 13.2 Å². The quantitative estimate of drug-likeness (QED) is 0.906. The molecule has 1 N–H and O–H groups in total. The highest BCUT2D eigenvalue weighted by Gasteiger charge is 2.21. The summed E-state index contributed by atoms with van der Waals surface area (Å²) in [6, 6.07) is 11.5. The highest BCUT2D eigenvalue weighted by molar-refractivity contribution is 9.10. The molecular formula is C15H12BrNO3S. The molecule has 108 valence electrons. The molecule has 6 heteroatoms. The zero-order valence-electron chi connectivity index (χ0n) is 11.0. The van der Waals surface area contributed by atoms with Crippen LogP contribution < -0.4 is 4.72 Å². The third-order valence-electron chi connectivity index (χ3n) is 3.39. The molecule has 1 aliphatic rings. The minimum atomic E-state index is -3.63. The van der Waals surface area contributed by atoms with Crippen molar-refractivity contribution in [2.24, 2.45) is 0 Å². The molecule has 0 unspecified atom stereocenters. The Morgan fingerprint density at radius 1 is 1.05 bits per heavy atom. The van der Waals surface area contributed by atoms with E-state index < -0.39 is 10.0 Å². The first-order valence-electron chi connectivity index (χ1n) is 6.40. The first-order chi connectivity index (χ1) is 9.95. The molecule has 0 fully saturated rings. The summed E-state index contributed by atoms with van der Waals surface area (Å²) in [5.41, 5.74) is 2.07. The predicted molar refractivity (Wildman–Crippen MR) is 84.0 cm³/mol. The van der Waals surface area contributed by atoms with Gasteiger partial charge in [-0.1, -0.05) is 22.0 Å². The maximum Gasteiger partial charge on any atom is 0.261 e. The van der Waals surface area contributed by atoms with Crippen LogP contribution in [-0.4, -0.2) is 14.2 Å². The van der Waals surface area contributed by atoms with Crippen molar-refractivity contribution in [2.75, 3.05) is 4.72 Å². The average Bonchev–Trinajstić information content (AvgIpc) is 2.79. The summed E-state index contributed by atoms with van der Waals surface area (Å²) in [5.74, 6) is 0.117. The van der Waals surface area contributed by atoms with Gasteiger partial charge in [0, 0.05) is 22.1 Å². The van der Waals surface area contributed by atoms with Gasteiger partial charge < -0.3 is 0 Å². The van der Waals surface area contributed by atoms with Crippen molar-refractivity contribution in [1.29, 1.82) is 0 Å². The number of halogens is 1. The van der Waals surface area contributed by atoms with Crippen molar-refractivity contribution in [2.45, 2.75) is 17.7 Å². The van der Waals surface area contributed by atoms with E-state index in [0.717, 1.165) is 5.56 Å². The first-order valence-corrected chi connectivity index (χ1v) is 8.68. The van der Waals surface area contributed by atoms with Gasteiger partial charge in [-0.15, -0.1) is 0 Å². The average molecular weight is 366 g/mol. The van der Waals surface area contributed by atoms with Crippen LogP contribution in [0.3, 0.4) is 0 Å². The number of benzene rings is 2. The molecule has 0 aliphatic heterocycles. The first kappa shape index (κ1) is 14.3. The molecule has 0 radical (unpaired) electrons. The second-order valence-electron chi connectivity index (χ2n) is 4.86. The van der Waals surface area contributed by atoms with E-state index in [0.29, 0.717) is 28.6 Å². The molecule has 0 spiro atoms. The number of ketones is 1. The zero-order valence-corrected chi connectivity index (χ0v) is 13.4. The van der Waals surface area contributed by atoms with E-state index in [1.807, 2.05) is 0 Å². The molecule has 2 aromatic carbocycles. The molecular weight excluding hydrogens is 354 g/mol. The number of anilines is 1. The lowest BCUT2D eigenvalue weighted by Gasteiger charge is -2.09. The van der Waals surface area contributed by atoms with E-state index >= 15 is 0 Å². The van der Waals surface area contributed by atoms with Crippen LogP contribution >= 0.6 is 15.9 Å². The van der Waals surface area contributed by atoms with Gasteiger partial charge in [0.25, 0.3) is 10.0 Å². The van der Waals surface area contributed by atoms with Gasteiger partial charge in [-0.2, -0.15) is 0 Å². The van der Waals surface area contributed by atoms with Gasteiger partial charge in [0.15, 0.2) is 5.78 Å². The normalized spacial score (nSPS) is 14.0. The molecule has 0 atom stereocenters. The van der Waals surface area contributed by atoms with Gasteiger partial charge in [-0.05, 0) is 48.4 Å². The van der Waals surface area contributed by atoms with Crippen molar-refractivity contribution in [3.8, 4) is 0 Å². The van der Waals surface area contributed by atoms with Gasteiger partial charge in [-0.3, -0.25) is 9.52 Å². The molecule has 1 aliphatic carbocycles. The summed E-state index contributed by atoms with van der Waals surface area (Å²) in [6.07, 6.45) is 1.16. The third kappa shape index (κ3) is 2.87. The smallest absolute Gasteiger partial charge is 0.261 e. The molecule has 21 heavy (non-hydrogen) atoms. The van der Waals surface area contributed by atoms with Crippen LogP contribution in [0.2, 0.25) is 0 Å². The summed E-state index contributed by atoms with van der Waals surface area (Å²) >= 11 is 3.26. The lowest BCUT2D eigenvalue weighted by Crippen LogP contribution is -2.13. The van der Waals surface area contributed by atoms with Crippen LogP contribution in [0.15, 0.2) is 51.8 Å². The van der Waals surface area contributed by atoms with Crippen molar-refractivity contribution >= 4 is 37.4 Å². The standard InChI is InChI=1S/C15H12BrNO3S/c16-11-2-1-3-13(9-11)21(19,20)17-12-5-6-14-10(8-12)4-7-15(14)18/h1-3,5-6,8-9,17H,4,7H2. The van der Waals surface area contributed by atoms with Crippen molar-refractivity contribution in [1.82, 2.24) is 0 Å². The molecule has 2 aromatic rings. The Bertz CT molecular complexity index is 831. The van der Waals surface area contributed by atoms with E-state index in [2.05, 4.69) is 20.7 Å².